The maximum Gasteiger partial charge on any atom is 0.328 e. The average molecular weight is 381 g/mol. The van der Waals surface area contributed by atoms with E-state index < -0.39 is 0 Å². The minimum absolute atomic E-state index is 0. The molecule has 0 atom stereocenters. The van der Waals surface area contributed by atoms with Crippen LogP contribution in [0.15, 0.2) is 29.1 Å². The van der Waals surface area contributed by atoms with Crippen LogP contribution in [0.2, 0.25) is 0 Å². The fourth-order valence-corrected chi connectivity index (χ4v) is 3.76. The van der Waals surface area contributed by atoms with Gasteiger partial charge in [0.2, 0.25) is 5.91 Å². The van der Waals surface area contributed by atoms with Gasteiger partial charge in [-0.25, -0.2) is 4.79 Å². The molecule has 0 unspecified atom stereocenters. The summed E-state index contributed by atoms with van der Waals surface area (Å²) in [5, 5.41) is 3.19. The highest BCUT2D eigenvalue weighted by molar-refractivity contribution is 5.85. The topological polar surface area (TPSA) is 59.3 Å². The van der Waals surface area contributed by atoms with Crippen LogP contribution in [-0.2, 0) is 18.4 Å². The molecule has 144 valence electrons. The smallest absolute Gasteiger partial charge is 0.328 e. The van der Waals surface area contributed by atoms with E-state index in [1.165, 1.54) is 6.42 Å². The molecular formula is C19H29ClN4O2. The van der Waals surface area contributed by atoms with Gasteiger partial charge in [0.25, 0.3) is 0 Å². The quantitative estimate of drug-likeness (QED) is 0.833. The number of hydrogen-bond donors (Lipinski definition) is 1. The zero-order valence-corrected chi connectivity index (χ0v) is 16.4. The minimum Gasteiger partial charge on any atom is -0.343 e. The molecule has 7 heteroatoms. The van der Waals surface area contributed by atoms with Crippen LogP contribution >= 0.6 is 12.4 Å². The average Bonchev–Trinajstić information content (AvgIpc) is 2.89. The number of aryl methyl sites for hydroxylation is 2. The van der Waals surface area contributed by atoms with Crippen molar-refractivity contribution in [3.8, 4) is 0 Å². The number of carbonyl (C=O) groups excluding carboxylic acids is 1. The number of imidazole rings is 1. The SMILES string of the molecule is CNCCC1CCN(C(=O)CCn2c(=O)n(C)c3ccccc32)CC1.Cl. The number of aromatic nitrogens is 2. The van der Waals surface area contributed by atoms with Gasteiger partial charge >= 0.3 is 5.69 Å². The van der Waals surface area contributed by atoms with Gasteiger partial charge in [-0.3, -0.25) is 13.9 Å². The predicted octanol–water partition coefficient (Wildman–Crippen LogP) is 2.00. The summed E-state index contributed by atoms with van der Waals surface area (Å²) in [6.45, 7) is 3.18. The third-order valence-corrected chi connectivity index (χ3v) is 5.37. The first-order chi connectivity index (χ1) is 12.1. The Balaban J connectivity index is 0.00000243. The molecule has 6 nitrogen and oxygen atoms in total. The van der Waals surface area contributed by atoms with E-state index in [4.69, 9.17) is 0 Å². The van der Waals surface area contributed by atoms with Crippen molar-refractivity contribution >= 4 is 29.3 Å². The molecule has 1 amide bonds. The molecule has 2 aromatic rings. The van der Waals surface area contributed by atoms with Gasteiger partial charge in [0, 0.05) is 33.1 Å². The summed E-state index contributed by atoms with van der Waals surface area (Å²) in [7, 11) is 3.76. The molecule has 1 aromatic heterocycles. The van der Waals surface area contributed by atoms with Gasteiger partial charge in [-0.05, 0) is 50.9 Å². The van der Waals surface area contributed by atoms with Gasteiger partial charge in [-0.1, -0.05) is 12.1 Å². The minimum atomic E-state index is -0.0558. The number of hydrogen-bond acceptors (Lipinski definition) is 3. The Kier molecular flexibility index (Phi) is 7.29. The number of nitrogens with one attached hydrogen (secondary N) is 1. The van der Waals surface area contributed by atoms with Crippen molar-refractivity contribution in [3.63, 3.8) is 0 Å². The van der Waals surface area contributed by atoms with Crippen molar-refractivity contribution in [2.24, 2.45) is 13.0 Å². The molecule has 0 saturated carbocycles. The summed E-state index contributed by atoms with van der Waals surface area (Å²) in [5.41, 5.74) is 1.75. The van der Waals surface area contributed by atoms with E-state index in [2.05, 4.69) is 5.32 Å². The van der Waals surface area contributed by atoms with Crippen LogP contribution in [0, 0.1) is 5.92 Å². The number of benzene rings is 1. The Morgan fingerprint density at radius 3 is 2.50 bits per heavy atom. The highest BCUT2D eigenvalue weighted by atomic mass is 35.5. The zero-order chi connectivity index (χ0) is 17.8. The summed E-state index contributed by atoms with van der Waals surface area (Å²) in [5.74, 6) is 0.879. The summed E-state index contributed by atoms with van der Waals surface area (Å²) < 4.78 is 3.36. The molecular weight excluding hydrogens is 352 g/mol. The zero-order valence-electron chi connectivity index (χ0n) is 15.6. The lowest BCUT2D eigenvalue weighted by Gasteiger charge is -2.32. The second-order valence-electron chi connectivity index (χ2n) is 6.95. The van der Waals surface area contributed by atoms with Crippen molar-refractivity contribution in [2.75, 3.05) is 26.7 Å². The van der Waals surface area contributed by atoms with Crippen LogP contribution < -0.4 is 11.0 Å². The number of likely N-dealkylation sites (tertiary alicyclic amines) is 1. The Morgan fingerprint density at radius 1 is 1.19 bits per heavy atom. The number of amides is 1. The van der Waals surface area contributed by atoms with Crippen molar-refractivity contribution in [1.82, 2.24) is 19.4 Å². The number of carbonyl (C=O) groups is 1. The standard InChI is InChI=1S/C19H28N4O2.ClH/c1-20-11-7-15-8-12-22(13-9-15)18(24)10-14-23-17-6-4-3-5-16(17)21(2)19(23)25;/h3-6,15,20H,7-14H2,1-2H3;1H. The maximum atomic E-state index is 12.5. The summed E-state index contributed by atoms with van der Waals surface area (Å²) in [4.78, 5) is 26.9. The normalized spacial score (nSPS) is 15.2. The Morgan fingerprint density at radius 2 is 1.85 bits per heavy atom. The number of rotatable bonds is 6. The Labute approximate surface area is 160 Å². The lowest BCUT2D eigenvalue weighted by atomic mass is 9.93. The Hall–Kier alpha value is -1.79. The monoisotopic (exact) mass is 380 g/mol. The molecule has 0 radical (unpaired) electrons. The molecule has 2 heterocycles. The van der Waals surface area contributed by atoms with Crippen LogP contribution in [0.3, 0.4) is 0 Å². The van der Waals surface area contributed by atoms with Crippen LogP contribution in [0.4, 0.5) is 0 Å². The van der Waals surface area contributed by atoms with Gasteiger partial charge in [0.05, 0.1) is 11.0 Å². The van der Waals surface area contributed by atoms with Crippen LogP contribution in [0.1, 0.15) is 25.7 Å². The summed E-state index contributed by atoms with van der Waals surface area (Å²) in [6.07, 6.45) is 3.74. The Bertz CT molecular complexity index is 790. The van der Waals surface area contributed by atoms with Crippen molar-refractivity contribution in [2.45, 2.75) is 32.2 Å². The largest absolute Gasteiger partial charge is 0.343 e. The molecule has 1 aromatic carbocycles. The van der Waals surface area contributed by atoms with E-state index in [0.717, 1.165) is 49.4 Å². The number of nitrogens with zero attached hydrogens (tertiary/aromatic N) is 3. The molecule has 1 aliphatic rings. The molecule has 1 saturated heterocycles. The van der Waals surface area contributed by atoms with Gasteiger partial charge in [0.1, 0.15) is 0 Å². The molecule has 26 heavy (non-hydrogen) atoms. The number of fused-ring (bicyclic) bond motifs is 1. The molecule has 1 aliphatic heterocycles. The second-order valence-corrected chi connectivity index (χ2v) is 6.95. The molecule has 3 rings (SSSR count). The first-order valence-corrected chi connectivity index (χ1v) is 9.18. The summed E-state index contributed by atoms with van der Waals surface area (Å²) >= 11 is 0. The van der Waals surface area contributed by atoms with E-state index in [9.17, 15) is 9.59 Å². The lowest BCUT2D eigenvalue weighted by Crippen LogP contribution is -2.39. The molecule has 0 aliphatic carbocycles. The maximum absolute atomic E-state index is 12.5. The number of piperidine rings is 1. The third-order valence-electron chi connectivity index (χ3n) is 5.37. The number of para-hydroxylation sites is 2. The van der Waals surface area contributed by atoms with Gasteiger partial charge in [-0.15, -0.1) is 12.4 Å². The van der Waals surface area contributed by atoms with E-state index >= 15 is 0 Å². The highest BCUT2D eigenvalue weighted by Gasteiger charge is 2.22. The fraction of sp³-hybridized carbons (Fsp3) is 0.579. The van der Waals surface area contributed by atoms with Gasteiger partial charge < -0.3 is 10.2 Å². The van der Waals surface area contributed by atoms with Crippen LogP contribution in [-0.4, -0.2) is 46.6 Å². The first kappa shape index (κ1) is 20.5. The lowest BCUT2D eigenvalue weighted by molar-refractivity contribution is -0.132. The molecule has 0 spiro atoms. The number of halogens is 1. The van der Waals surface area contributed by atoms with Gasteiger partial charge in [0.15, 0.2) is 0 Å². The second kappa shape index (κ2) is 9.24. The van der Waals surface area contributed by atoms with E-state index in [-0.39, 0.29) is 24.0 Å². The van der Waals surface area contributed by atoms with Gasteiger partial charge in [-0.2, -0.15) is 0 Å². The van der Waals surface area contributed by atoms with E-state index in [1.54, 1.807) is 16.2 Å². The third kappa shape index (κ3) is 4.30. The highest BCUT2D eigenvalue weighted by Crippen LogP contribution is 2.20. The fourth-order valence-electron chi connectivity index (χ4n) is 3.76. The van der Waals surface area contributed by atoms with Crippen LogP contribution in [0.25, 0.3) is 11.0 Å². The first-order valence-electron chi connectivity index (χ1n) is 9.18. The van der Waals surface area contributed by atoms with Crippen molar-refractivity contribution < 1.29 is 4.79 Å². The molecule has 0 bridgehead atoms. The summed E-state index contributed by atoms with van der Waals surface area (Å²) in [6, 6.07) is 7.73. The molecule has 1 fully saturated rings. The predicted molar refractivity (Wildman–Crippen MR) is 107 cm³/mol. The van der Waals surface area contributed by atoms with E-state index in [0.29, 0.717) is 13.0 Å². The van der Waals surface area contributed by atoms with E-state index in [1.807, 2.05) is 36.2 Å². The molecule has 1 N–H and O–H groups in total. The van der Waals surface area contributed by atoms with Crippen LogP contribution in [0.5, 0.6) is 0 Å². The van der Waals surface area contributed by atoms with Crippen molar-refractivity contribution in [1.29, 1.82) is 0 Å². The van der Waals surface area contributed by atoms with Crippen molar-refractivity contribution in [3.05, 3.63) is 34.7 Å².